The van der Waals surface area contributed by atoms with Crippen molar-refractivity contribution in [3.05, 3.63) is 29.4 Å². The number of aromatic amines is 1. The van der Waals surface area contributed by atoms with E-state index < -0.39 is 10.0 Å². The molecule has 0 bridgehead atoms. The maximum Gasteiger partial charge on any atom is 0.243 e. The van der Waals surface area contributed by atoms with Crippen LogP contribution in [0.2, 0.25) is 0 Å². The number of hydrogen-bond acceptors (Lipinski definition) is 6. The highest BCUT2D eigenvalue weighted by Crippen LogP contribution is 2.33. The van der Waals surface area contributed by atoms with Crippen LogP contribution in [0.3, 0.4) is 0 Å². The molecule has 27 heavy (non-hydrogen) atoms. The Bertz CT molecular complexity index is 1070. The average molecular weight is 390 g/mol. The topological polar surface area (TPSA) is 121 Å². The SMILES string of the molecule is Cc1noc(C)c1-c1cc(S(=O)(=O)NC2CCCC2)c2nc(CO)[nH]c2c1. The van der Waals surface area contributed by atoms with Crippen LogP contribution in [0.5, 0.6) is 0 Å². The lowest BCUT2D eigenvalue weighted by molar-refractivity contribution is 0.273. The van der Waals surface area contributed by atoms with E-state index in [1.54, 1.807) is 13.0 Å². The van der Waals surface area contributed by atoms with Crippen molar-refractivity contribution in [2.24, 2.45) is 0 Å². The lowest BCUT2D eigenvalue weighted by Gasteiger charge is -2.14. The van der Waals surface area contributed by atoms with Crippen LogP contribution in [-0.4, -0.2) is 34.7 Å². The Hall–Kier alpha value is -2.23. The standard InChI is InChI=1S/C18H22N4O4S/c1-10-17(11(2)26-21-10)12-7-14-18(20-16(9-23)19-14)15(8-12)27(24,25)22-13-5-3-4-6-13/h7-8,13,22-23H,3-6,9H2,1-2H3,(H,19,20). The third-order valence-corrected chi connectivity index (χ3v) is 6.57. The smallest absolute Gasteiger partial charge is 0.243 e. The monoisotopic (exact) mass is 390 g/mol. The summed E-state index contributed by atoms with van der Waals surface area (Å²) in [5, 5.41) is 13.4. The van der Waals surface area contributed by atoms with Crippen molar-refractivity contribution < 1.29 is 18.0 Å². The number of hydrogen-bond donors (Lipinski definition) is 3. The first-order valence-corrected chi connectivity index (χ1v) is 10.5. The van der Waals surface area contributed by atoms with Gasteiger partial charge in [-0.25, -0.2) is 18.1 Å². The van der Waals surface area contributed by atoms with Gasteiger partial charge in [0, 0.05) is 11.6 Å². The first-order chi connectivity index (χ1) is 12.9. The first kappa shape index (κ1) is 18.1. The van der Waals surface area contributed by atoms with E-state index in [0.717, 1.165) is 31.2 Å². The molecule has 0 saturated heterocycles. The summed E-state index contributed by atoms with van der Waals surface area (Å²) in [6.45, 7) is 3.30. The van der Waals surface area contributed by atoms with Crippen LogP contribution < -0.4 is 4.72 Å². The van der Waals surface area contributed by atoms with Crippen LogP contribution in [0.4, 0.5) is 0 Å². The van der Waals surface area contributed by atoms with Crippen molar-refractivity contribution >= 4 is 21.1 Å². The van der Waals surface area contributed by atoms with Gasteiger partial charge in [0.2, 0.25) is 10.0 Å². The molecule has 8 nitrogen and oxygen atoms in total. The van der Waals surface area contributed by atoms with Crippen molar-refractivity contribution in [2.75, 3.05) is 0 Å². The second kappa shape index (κ2) is 6.74. The van der Waals surface area contributed by atoms with Gasteiger partial charge in [-0.05, 0) is 44.4 Å². The molecule has 0 radical (unpaired) electrons. The number of rotatable bonds is 5. The molecule has 144 valence electrons. The Balaban J connectivity index is 1.90. The second-order valence-electron chi connectivity index (χ2n) is 7.01. The third kappa shape index (κ3) is 3.26. The van der Waals surface area contributed by atoms with E-state index in [1.165, 1.54) is 0 Å². The molecule has 1 aliphatic carbocycles. The lowest BCUT2D eigenvalue weighted by Crippen LogP contribution is -2.32. The molecular weight excluding hydrogens is 368 g/mol. The Morgan fingerprint density at radius 3 is 2.67 bits per heavy atom. The van der Waals surface area contributed by atoms with Crippen LogP contribution in [0.1, 0.15) is 43.0 Å². The molecular formula is C18H22N4O4S. The van der Waals surface area contributed by atoms with Crippen LogP contribution >= 0.6 is 0 Å². The number of sulfonamides is 1. The molecule has 3 N–H and O–H groups in total. The molecule has 1 saturated carbocycles. The minimum atomic E-state index is -3.77. The molecule has 3 aromatic rings. The van der Waals surface area contributed by atoms with E-state index in [0.29, 0.717) is 33.9 Å². The number of H-pyrrole nitrogens is 1. The van der Waals surface area contributed by atoms with Gasteiger partial charge in [-0.1, -0.05) is 18.0 Å². The highest BCUT2D eigenvalue weighted by atomic mass is 32.2. The van der Waals surface area contributed by atoms with Gasteiger partial charge in [0.25, 0.3) is 0 Å². The first-order valence-electron chi connectivity index (χ1n) is 8.98. The lowest BCUT2D eigenvalue weighted by atomic mass is 10.0. The molecule has 4 rings (SSSR count). The third-order valence-electron chi connectivity index (χ3n) is 5.04. The summed E-state index contributed by atoms with van der Waals surface area (Å²) in [5.41, 5.74) is 2.98. The van der Waals surface area contributed by atoms with Crippen LogP contribution in [0, 0.1) is 13.8 Å². The minimum absolute atomic E-state index is 0.0518. The summed E-state index contributed by atoms with van der Waals surface area (Å²) in [4.78, 5) is 7.36. The number of aliphatic hydroxyl groups is 1. The molecule has 0 unspecified atom stereocenters. The predicted octanol–water partition coefficient (Wildman–Crippen LogP) is 2.55. The molecule has 0 aliphatic heterocycles. The summed E-state index contributed by atoms with van der Waals surface area (Å²) in [6.07, 6.45) is 3.74. The van der Waals surface area contributed by atoms with E-state index >= 15 is 0 Å². The zero-order valence-electron chi connectivity index (χ0n) is 15.2. The van der Waals surface area contributed by atoms with Gasteiger partial charge in [-0.3, -0.25) is 0 Å². The zero-order chi connectivity index (χ0) is 19.2. The van der Waals surface area contributed by atoms with Gasteiger partial charge in [0.1, 0.15) is 28.6 Å². The van der Waals surface area contributed by atoms with Gasteiger partial charge in [0.05, 0.1) is 11.2 Å². The predicted molar refractivity (Wildman–Crippen MR) is 99.6 cm³/mol. The van der Waals surface area contributed by atoms with Crippen molar-refractivity contribution in [1.82, 2.24) is 19.8 Å². The Labute approximate surface area is 157 Å². The van der Waals surface area contributed by atoms with Crippen molar-refractivity contribution in [2.45, 2.75) is 57.1 Å². The van der Waals surface area contributed by atoms with E-state index in [4.69, 9.17) is 4.52 Å². The molecule has 0 amide bonds. The van der Waals surface area contributed by atoms with Crippen molar-refractivity contribution in [1.29, 1.82) is 0 Å². The number of imidazole rings is 1. The zero-order valence-corrected chi connectivity index (χ0v) is 16.1. The minimum Gasteiger partial charge on any atom is -0.388 e. The highest BCUT2D eigenvalue weighted by Gasteiger charge is 2.27. The van der Waals surface area contributed by atoms with Crippen LogP contribution in [0.25, 0.3) is 22.2 Å². The summed E-state index contributed by atoms with van der Waals surface area (Å²) in [6, 6.07) is 3.36. The number of aliphatic hydroxyl groups excluding tert-OH is 1. The number of aryl methyl sites for hydroxylation is 2. The number of nitrogens with zero attached hydrogens (tertiary/aromatic N) is 2. The number of fused-ring (bicyclic) bond motifs is 1. The Morgan fingerprint density at radius 1 is 1.30 bits per heavy atom. The van der Waals surface area contributed by atoms with E-state index in [2.05, 4.69) is 19.8 Å². The van der Waals surface area contributed by atoms with E-state index in [9.17, 15) is 13.5 Å². The molecule has 0 spiro atoms. The van der Waals surface area contributed by atoms with Crippen LogP contribution in [-0.2, 0) is 16.6 Å². The molecule has 2 heterocycles. The maximum absolute atomic E-state index is 13.1. The average Bonchev–Trinajstić information content (AvgIpc) is 3.34. The van der Waals surface area contributed by atoms with Crippen molar-refractivity contribution in [3.8, 4) is 11.1 Å². The quantitative estimate of drug-likeness (QED) is 0.616. The molecule has 0 atom stereocenters. The summed E-state index contributed by atoms with van der Waals surface area (Å²) >= 11 is 0. The fourth-order valence-electron chi connectivity index (χ4n) is 3.78. The Morgan fingerprint density at radius 2 is 2.04 bits per heavy atom. The summed E-state index contributed by atoms with van der Waals surface area (Å²) < 4.78 is 34.3. The number of nitrogens with one attached hydrogen (secondary N) is 2. The fourth-order valence-corrected chi connectivity index (χ4v) is 5.28. The van der Waals surface area contributed by atoms with Gasteiger partial charge in [-0.2, -0.15) is 0 Å². The highest BCUT2D eigenvalue weighted by molar-refractivity contribution is 7.89. The van der Waals surface area contributed by atoms with Gasteiger partial charge >= 0.3 is 0 Å². The van der Waals surface area contributed by atoms with Gasteiger partial charge in [-0.15, -0.1) is 0 Å². The Kier molecular flexibility index (Phi) is 4.53. The van der Waals surface area contributed by atoms with Crippen molar-refractivity contribution in [3.63, 3.8) is 0 Å². The number of benzene rings is 1. The fraction of sp³-hybridized carbons (Fsp3) is 0.444. The number of aromatic nitrogens is 3. The summed E-state index contributed by atoms with van der Waals surface area (Å²) in [5.74, 6) is 0.930. The second-order valence-corrected chi connectivity index (χ2v) is 8.70. The molecule has 9 heteroatoms. The molecule has 1 aliphatic rings. The van der Waals surface area contributed by atoms with Gasteiger partial charge in [0.15, 0.2) is 0 Å². The molecule has 2 aromatic heterocycles. The molecule has 1 fully saturated rings. The maximum atomic E-state index is 13.1. The normalized spacial score (nSPS) is 15.8. The molecule has 1 aromatic carbocycles. The van der Waals surface area contributed by atoms with Gasteiger partial charge < -0.3 is 14.6 Å². The largest absolute Gasteiger partial charge is 0.388 e. The van der Waals surface area contributed by atoms with E-state index in [1.807, 2.05) is 13.0 Å². The van der Waals surface area contributed by atoms with Crippen LogP contribution in [0.15, 0.2) is 21.6 Å². The van der Waals surface area contributed by atoms with E-state index in [-0.39, 0.29) is 17.5 Å². The summed E-state index contributed by atoms with van der Waals surface area (Å²) in [7, 11) is -3.77.